The molecule has 0 bridgehead atoms. The molecule has 0 N–H and O–H groups in total. The SMILES string of the molecule is Cc1nc2c(c(=O)n1Cc1c(Cl)cccc1Cl)CCC2. The highest BCUT2D eigenvalue weighted by Gasteiger charge is 2.20. The molecule has 20 heavy (non-hydrogen) atoms. The first-order valence-corrected chi connectivity index (χ1v) is 7.35. The molecule has 1 heterocycles. The second kappa shape index (κ2) is 5.23. The van der Waals surface area contributed by atoms with E-state index >= 15 is 0 Å². The number of benzene rings is 1. The van der Waals surface area contributed by atoms with Crippen molar-refractivity contribution in [2.75, 3.05) is 0 Å². The van der Waals surface area contributed by atoms with Crippen molar-refractivity contribution in [1.82, 2.24) is 9.55 Å². The van der Waals surface area contributed by atoms with E-state index in [1.165, 1.54) is 0 Å². The maximum Gasteiger partial charge on any atom is 0.257 e. The van der Waals surface area contributed by atoms with Gasteiger partial charge in [0.15, 0.2) is 0 Å². The number of rotatable bonds is 2. The van der Waals surface area contributed by atoms with Crippen LogP contribution in [0.15, 0.2) is 23.0 Å². The van der Waals surface area contributed by atoms with Crippen LogP contribution in [0.25, 0.3) is 0 Å². The third-order valence-electron chi connectivity index (χ3n) is 3.76. The first-order chi connectivity index (χ1) is 9.58. The van der Waals surface area contributed by atoms with Crippen molar-refractivity contribution in [3.63, 3.8) is 0 Å². The molecule has 0 spiro atoms. The second-order valence-corrected chi connectivity index (χ2v) is 5.84. The average Bonchev–Trinajstić information content (AvgIpc) is 2.85. The van der Waals surface area contributed by atoms with Crippen LogP contribution in [-0.4, -0.2) is 9.55 Å². The number of nitrogens with zero attached hydrogens (tertiary/aromatic N) is 2. The summed E-state index contributed by atoms with van der Waals surface area (Å²) in [7, 11) is 0. The van der Waals surface area contributed by atoms with Gasteiger partial charge >= 0.3 is 0 Å². The number of hydrogen-bond donors (Lipinski definition) is 0. The van der Waals surface area contributed by atoms with E-state index in [2.05, 4.69) is 4.98 Å². The lowest BCUT2D eigenvalue weighted by Gasteiger charge is -2.13. The third kappa shape index (κ3) is 2.25. The van der Waals surface area contributed by atoms with E-state index in [1.54, 1.807) is 22.8 Å². The molecule has 0 unspecified atom stereocenters. The number of aryl methyl sites for hydroxylation is 2. The molecule has 104 valence electrons. The molecule has 1 aliphatic carbocycles. The van der Waals surface area contributed by atoms with Gasteiger partial charge in [-0.05, 0) is 38.3 Å². The van der Waals surface area contributed by atoms with Crippen LogP contribution in [0.1, 0.15) is 29.1 Å². The van der Waals surface area contributed by atoms with E-state index in [4.69, 9.17) is 23.2 Å². The molecule has 5 heteroatoms. The molecule has 0 amide bonds. The van der Waals surface area contributed by atoms with Crippen molar-refractivity contribution in [3.05, 3.63) is 61.2 Å². The van der Waals surface area contributed by atoms with Crippen LogP contribution in [0.4, 0.5) is 0 Å². The van der Waals surface area contributed by atoms with Crippen LogP contribution in [-0.2, 0) is 19.4 Å². The Kier molecular flexibility index (Phi) is 3.57. The molecule has 0 saturated carbocycles. The van der Waals surface area contributed by atoms with Crippen LogP contribution in [0.5, 0.6) is 0 Å². The molecule has 0 atom stereocenters. The van der Waals surface area contributed by atoms with Gasteiger partial charge in [0.05, 0.1) is 12.2 Å². The van der Waals surface area contributed by atoms with Crippen molar-refractivity contribution >= 4 is 23.2 Å². The fraction of sp³-hybridized carbons (Fsp3) is 0.333. The van der Waals surface area contributed by atoms with E-state index in [0.717, 1.165) is 36.1 Å². The van der Waals surface area contributed by atoms with E-state index < -0.39 is 0 Å². The quantitative estimate of drug-likeness (QED) is 0.852. The largest absolute Gasteiger partial charge is 0.292 e. The number of halogens is 2. The Balaban J connectivity index is 2.10. The maximum absolute atomic E-state index is 12.5. The molecule has 2 aromatic rings. The summed E-state index contributed by atoms with van der Waals surface area (Å²) in [5, 5.41) is 1.15. The average molecular weight is 309 g/mol. The van der Waals surface area contributed by atoms with Gasteiger partial charge in [0.2, 0.25) is 0 Å². The first kappa shape index (κ1) is 13.7. The minimum Gasteiger partial charge on any atom is -0.292 e. The molecule has 0 radical (unpaired) electrons. The van der Waals surface area contributed by atoms with Gasteiger partial charge in [0.25, 0.3) is 5.56 Å². The second-order valence-electron chi connectivity index (χ2n) is 5.03. The normalized spacial score (nSPS) is 13.6. The van der Waals surface area contributed by atoms with Gasteiger partial charge in [-0.1, -0.05) is 29.3 Å². The van der Waals surface area contributed by atoms with E-state index in [9.17, 15) is 4.79 Å². The minimum atomic E-state index is 0.0426. The van der Waals surface area contributed by atoms with Crippen molar-refractivity contribution in [1.29, 1.82) is 0 Å². The van der Waals surface area contributed by atoms with Crippen molar-refractivity contribution in [2.24, 2.45) is 0 Å². The highest BCUT2D eigenvalue weighted by molar-refractivity contribution is 6.35. The zero-order chi connectivity index (χ0) is 14.3. The highest BCUT2D eigenvalue weighted by atomic mass is 35.5. The van der Waals surface area contributed by atoms with E-state index in [-0.39, 0.29) is 5.56 Å². The molecule has 0 aliphatic heterocycles. The van der Waals surface area contributed by atoms with Crippen molar-refractivity contribution < 1.29 is 0 Å². The lowest BCUT2D eigenvalue weighted by atomic mass is 10.2. The Morgan fingerprint density at radius 2 is 1.95 bits per heavy atom. The van der Waals surface area contributed by atoms with Gasteiger partial charge in [-0.2, -0.15) is 0 Å². The molecule has 3 nitrogen and oxygen atoms in total. The van der Waals surface area contributed by atoms with Gasteiger partial charge in [0.1, 0.15) is 5.82 Å². The summed E-state index contributed by atoms with van der Waals surface area (Å²) in [6.07, 6.45) is 2.73. The van der Waals surface area contributed by atoms with E-state index in [0.29, 0.717) is 22.4 Å². The zero-order valence-electron chi connectivity index (χ0n) is 11.1. The summed E-state index contributed by atoms with van der Waals surface area (Å²) in [6.45, 7) is 2.22. The fourth-order valence-corrected chi connectivity index (χ4v) is 3.19. The molecular formula is C15H14Cl2N2O. The minimum absolute atomic E-state index is 0.0426. The lowest BCUT2D eigenvalue weighted by molar-refractivity contribution is 0.687. The predicted molar refractivity (Wildman–Crippen MR) is 80.8 cm³/mol. The predicted octanol–water partition coefficient (Wildman–Crippen LogP) is 3.40. The fourth-order valence-electron chi connectivity index (χ4n) is 2.67. The summed E-state index contributed by atoms with van der Waals surface area (Å²) in [5.41, 5.74) is 2.61. The number of hydrogen-bond acceptors (Lipinski definition) is 2. The summed E-state index contributed by atoms with van der Waals surface area (Å²) in [5.74, 6) is 0.714. The Labute approximate surface area is 127 Å². The third-order valence-corrected chi connectivity index (χ3v) is 4.47. The zero-order valence-corrected chi connectivity index (χ0v) is 12.6. The summed E-state index contributed by atoms with van der Waals surface area (Å²) in [4.78, 5) is 17.1. The summed E-state index contributed by atoms with van der Waals surface area (Å²) >= 11 is 12.4. The first-order valence-electron chi connectivity index (χ1n) is 6.60. The highest BCUT2D eigenvalue weighted by Crippen LogP contribution is 2.25. The molecule has 0 saturated heterocycles. The van der Waals surface area contributed by atoms with Crippen LogP contribution in [0.3, 0.4) is 0 Å². The lowest BCUT2D eigenvalue weighted by Crippen LogP contribution is -2.28. The van der Waals surface area contributed by atoms with Gasteiger partial charge in [-0.25, -0.2) is 4.98 Å². The Hall–Kier alpha value is -1.32. The van der Waals surface area contributed by atoms with Crippen molar-refractivity contribution in [2.45, 2.75) is 32.7 Å². The van der Waals surface area contributed by atoms with Crippen molar-refractivity contribution in [3.8, 4) is 0 Å². The topological polar surface area (TPSA) is 34.9 Å². The van der Waals surface area contributed by atoms with E-state index in [1.807, 2.05) is 6.92 Å². The van der Waals surface area contributed by atoms with Crippen LogP contribution in [0.2, 0.25) is 10.0 Å². The summed E-state index contributed by atoms with van der Waals surface area (Å²) < 4.78 is 1.66. The van der Waals surface area contributed by atoms with Crippen LogP contribution < -0.4 is 5.56 Å². The maximum atomic E-state index is 12.5. The Morgan fingerprint density at radius 3 is 2.65 bits per heavy atom. The van der Waals surface area contributed by atoms with Gasteiger partial charge in [-0.15, -0.1) is 0 Å². The Morgan fingerprint density at radius 1 is 1.25 bits per heavy atom. The van der Waals surface area contributed by atoms with Crippen LogP contribution in [0, 0.1) is 6.92 Å². The van der Waals surface area contributed by atoms with Gasteiger partial charge < -0.3 is 0 Å². The molecule has 1 aromatic carbocycles. The Bertz CT molecular complexity index is 717. The monoisotopic (exact) mass is 308 g/mol. The number of fused-ring (bicyclic) bond motifs is 1. The molecular weight excluding hydrogens is 295 g/mol. The molecule has 1 aliphatic rings. The molecule has 0 fully saturated rings. The molecule has 1 aromatic heterocycles. The van der Waals surface area contributed by atoms with Gasteiger partial charge in [-0.3, -0.25) is 9.36 Å². The molecule has 3 rings (SSSR count). The number of aromatic nitrogens is 2. The van der Waals surface area contributed by atoms with Crippen LogP contribution >= 0.6 is 23.2 Å². The standard InChI is InChI=1S/C15H14Cl2N2O/c1-9-18-14-7-2-4-10(14)15(20)19(9)8-11-12(16)5-3-6-13(11)17/h3,5-6H,2,4,7-8H2,1H3. The smallest absolute Gasteiger partial charge is 0.257 e. The summed E-state index contributed by atoms with van der Waals surface area (Å²) in [6, 6.07) is 5.36. The van der Waals surface area contributed by atoms with Gasteiger partial charge in [0, 0.05) is 21.2 Å².